The van der Waals surface area contributed by atoms with E-state index in [1.165, 1.54) is 0 Å². The molecule has 1 aliphatic carbocycles. The van der Waals surface area contributed by atoms with Crippen LogP contribution in [-0.4, -0.2) is 53.4 Å². The monoisotopic (exact) mass is 630 g/mol. The Balaban J connectivity index is 1.55. The number of hydrogen-bond acceptors (Lipinski definition) is 5. The lowest BCUT2D eigenvalue weighted by atomic mass is 9.89. The molecule has 1 unspecified atom stereocenters. The molecule has 10 heteroatoms. The summed E-state index contributed by atoms with van der Waals surface area (Å²) in [5.41, 5.74) is 2.60. The molecule has 3 aromatic carbocycles. The number of benzene rings is 3. The topological polar surface area (TPSA) is 58.6 Å². The zero-order valence-electron chi connectivity index (χ0n) is 23.7. The quantitative estimate of drug-likeness (QED) is 0.206. The summed E-state index contributed by atoms with van der Waals surface area (Å²) in [4.78, 5) is 16.8. The van der Waals surface area contributed by atoms with Crippen molar-refractivity contribution in [3.63, 3.8) is 0 Å². The van der Waals surface area contributed by atoms with Crippen LogP contribution in [0.3, 0.4) is 0 Å². The Kier molecular flexibility index (Phi) is 8.94. The summed E-state index contributed by atoms with van der Waals surface area (Å²) >= 11 is 7.45. The van der Waals surface area contributed by atoms with Crippen LogP contribution in [0.5, 0.6) is 5.75 Å². The number of halogens is 3. The number of carbonyl (C=O) groups is 1. The lowest BCUT2D eigenvalue weighted by Crippen LogP contribution is -2.44. The van der Waals surface area contributed by atoms with Crippen LogP contribution in [0.4, 0.5) is 8.78 Å². The number of methoxy groups -OCH3 is 1. The molecule has 0 radical (unpaired) electrons. The molecule has 1 N–H and O–H groups in total. The Morgan fingerprint density at radius 3 is 2.31 bits per heavy atom. The summed E-state index contributed by atoms with van der Waals surface area (Å²) < 4.78 is 47.4. The van der Waals surface area contributed by atoms with Crippen LogP contribution in [0, 0.1) is 11.6 Å². The third kappa shape index (κ3) is 6.06. The SMILES string of the molecule is C=S(C)(=O)c1ccc(-c2ccc(OC)c(CN(C(=O)c3sc4c(F)ccc(F)c4c3Cl)C3CCC(NC)CC3)c2)cc1. The van der Waals surface area contributed by atoms with Gasteiger partial charge in [-0.25, -0.2) is 8.78 Å². The van der Waals surface area contributed by atoms with E-state index in [9.17, 15) is 17.8 Å². The van der Waals surface area contributed by atoms with Crippen LogP contribution in [0.25, 0.3) is 21.2 Å². The van der Waals surface area contributed by atoms with E-state index in [0.29, 0.717) is 16.7 Å². The van der Waals surface area contributed by atoms with Gasteiger partial charge in [0.25, 0.3) is 5.91 Å². The minimum absolute atomic E-state index is 0.0310. The molecule has 1 saturated carbocycles. The largest absolute Gasteiger partial charge is 0.496 e. The molecule has 4 aromatic rings. The standard InChI is InChI=1S/C32H33ClF2N2O3S2/c1-36-22-8-10-23(11-9-22)37(32(38)31-29(33)28-25(34)14-15-26(35)30(28)41-31)18-21-17-20(7-16-27(21)40-2)19-5-12-24(13-6-19)42(3,4)39/h5-7,12-17,22-23,36H,3,8-11,18H2,1-2,4H3. The van der Waals surface area contributed by atoms with Gasteiger partial charge in [-0.05, 0) is 95.6 Å². The van der Waals surface area contributed by atoms with Crippen molar-refractivity contribution >= 4 is 54.3 Å². The van der Waals surface area contributed by atoms with Crippen molar-refractivity contribution in [1.29, 1.82) is 0 Å². The van der Waals surface area contributed by atoms with E-state index < -0.39 is 21.2 Å². The highest BCUT2D eigenvalue weighted by Crippen LogP contribution is 2.40. The number of rotatable bonds is 8. The van der Waals surface area contributed by atoms with Crippen LogP contribution in [0.15, 0.2) is 59.5 Å². The number of nitrogens with one attached hydrogen (secondary N) is 1. The van der Waals surface area contributed by atoms with Crippen LogP contribution in [-0.2, 0) is 16.1 Å². The Bertz CT molecular complexity index is 1730. The van der Waals surface area contributed by atoms with Crippen molar-refractivity contribution in [2.75, 3.05) is 20.4 Å². The first kappa shape index (κ1) is 30.5. The highest BCUT2D eigenvalue weighted by atomic mass is 35.5. The summed E-state index contributed by atoms with van der Waals surface area (Å²) in [6, 6.07) is 15.5. The molecule has 0 saturated heterocycles. The van der Waals surface area contributed by atoms with E-state index in [2.05, 4.69) is 11.2 Å². The average Bonchev–Trinajstić information content (AvgIpc) is 3.35. The summed E-state index contributed by atoms with van der Waals surface area (Å²) in [7, 11) is 1.18. The maximum Gasteiger partial charge on any atom is 0.266 e. The summed E-state index contributed by atoms with van der Waals surface area (Å²) in [6.45, 7) is 0.222. The number of hydrogen-bond donors (Lipinski definition) is 1. The van der Waals surface area contributed by atoms with Crippen molar-refractivity contribution < 1.29 is 22.5 Å². The van der Waals surface area contributed by atoms with Gasteiger partial charge >= 0.3 is 0 Å². The highest BCUT2D eigenvalue weighted by molar-refractivity contribution is 7.99. The van der Waals surface area contributed by atoms with Gasteiger partial charge in [-0.1, -0.05) is 29.8 Å². The Hall–Kier alpha value is -2.98. The molecule has 5 rings (SSSR count). The van der Waals surface area contributed by atoms with Gasteiger partial charge in [-0.15, -0.1) is 11.3 Å². The molecule has 1 aromatic heterocycles. The first-order valence-electron chi connectivity index (χ1n) is 13.7. The Morgan fingerprint density at radius 2 is 1.71 bits per heavy atom. The number of amides is 1. The molecule has 1 fully saturated rings. The van der Waals surface area contributed by atoms with Gasteiger partial charge in [0.2, 0.25) is 0 Å². The molecule has 1 aliphatic rings. The van der Waals surface area contributed by atoms with E-state index in [1.807, 2.05) is 49.5 Å². The minimum atomic E-state index is -2.34. The second kappa shape index (κ2) is 12.3. The maximum absolute atomic E-state index is 14.7. The van der Waals surface area contributed by atoms with E-state index in [-0.39, 0.29) is 38.5 Å². The molecular formula is C32H33ClF2N2O3S2. The fourth-order valence-corrected chi connectivity index (χ4v) is 7.83. The van der Waals surface area contributed by atoms with Gasteiger partial charge in [-0.3, -0.25) is 9.00 Å². The number of fused-ring (bicyclic) bond motifs is 1. The predicted molar refractivity (Wildman–Crippen MR) is 170 cm³/mol. The van der Waals surface area contributed by atoms with Gasteiger partial charge in [0.15, 0.2) is 0 Å². The maximum atomic E-state index is 14.7. The molecule has 222 valence electrons. The second-order valence-corrected chi connectivity index (χ2v) is 14.6. The molecule has 1 heterocycles. The molecule has 0 aliphatic heterocycles. The first-order valence-corrected chi connectivity index (χ1v) is 17.0. The van der Waals surface area contributed by atoms with Crippen molar-refractivity contribution in [2.45, 2.75) is 49.2 Å². The number of carbonyl (C=O) groups excluding carboxylic acids is 1. The Labute approximate surface area is 254 Å². The van der Waals surface area contributed by atoms with Crippen LogP contribution < -0.4 is 10.1 Å². The molecule has 0 spiro atoms. The lowest BCUT2D eigenvalue weighted by molar-refractivity contribution is 0.0604. The molecule has 1 atom stereocenters. The third-order valence-corrected chi connectivity index (χ3v) is 10.9. The lowest BCUT2D eigenvalue weighted by Gasteiger charge is -2.37. The van der Waals surface area contributed by atoms with Gasteiger partial charge in [-0.2, -0.15) is 0 Å². The van der Waals surface area contributed by atoms with Crippen LogP contribution >= 0.6 is 22.9 Å². The second-order valence-electron chi connectivity index (χ2n) is 10.8. The normalized spacial score (nSPS) is 18.5. The van der Waals surface area contributed by atoms with E-state index in [4.69, 9.17) is 16.3 Å². The summed E-state index contributed by atoms with van der Waals surface area (Å²) in [5, 5.41) is 3.19. The zero-order chi connectivity index (χ0) is 30.2. The van der Waals surface area contributed by atoms with Gasteiger partial charge in [0.1, 0.15) is 22.3 Å². The van der Waals surface area contributed by atoms with Gasteiger partial charge in [0.05, 0.1) is 22.2 Å². The number of thiophene rings is 1. The minimum Gasteiger partial charge on any atom is -0.496 e. The smallest absolute Gasteiger partial charge is 0.266 e. The first-order chi connectivity index (χ1) is 20.0. The predicted octanol–water partition coefficient (Wildman–Crippen LogP) is 7.39. The van der Waals surface area contributed by atoms with E-state index in [0.717, 1.165) is 65.8 Å². The van der Waals surface area contributed by atoms with Crippen molar-refractivity contribution in [2.24, 2.45) is 0 Å². The highest BCUT2D eigenvalue weighted by Gasteiger charge is 2.33. The van der Waals surface area contributed by atoms with Crippen LogP contribution in [0.2, 0.25) is 5.02 Å². The summed E-state index contributed by atoms with van der Waals surface area (Å²) in [6.07, 6.45) is 4.94. The fourth-order valence-electron chi connectivity index (χ4n) is 5.61. The molecule has 1 amide bonds. The van der Waals surface area contributed by atoms with Gasteiger partial charge < -0.3 is 15.0 Å². The molecule has 5 nitrogen and oxygen atoms in total. The van der Waals surface area contributed by atoms with Crippen molar-refractivity contribution in [3.8, 4) is 16.9 Å². The number of ether oxygens (including phenoxy) is 1. The van der Waals surface area contributed by atoms with Crippen LogP contribution in [0.1, 0.15) is 40.9 Å². The van der Waals surface area contributed by atoms with Crippen molar-refractivity contribution in [3.05, 3.63) is 81.7 Å². The van der Waals surface area contributed by atoms with Gasteiger partial charge in [0, 0.05) is 35.3 Å². The van der Waals surface area contributed by atoms with E-state index in [1.54, 1.807) is 18.3 Å². The Morgan fingerprint density at radius 1 is 1.07 bits per heavy atom. The molecule has 42 heavy (non-hydrogen) atoms. The van der Waals surface area contributed by atoms with E-state index >= 15 is 0 Å². The average molecular weight is 631 g/mol. The van der Waals surface area contributed by atoms with Crippen molar-refractivity contribution in [1.82, 2.24) is 10.2 Å². The summed E-state index contributed by atoms with van der Waals surface area (Å²) in [5.74, 6) is 2.74. The molecule has 0 bridgehead atoms. The number of nitrogens with zero attached hydrogens (tertiary/aromatic N) is 1. The third-order valence-electron chi connectivity index (χ3n) is 7.99. The molecular weight excluding hydrogens is 598 g/mol. The zero-order valence-corrected chi connectivity index (χ0v) is 26.1. The fraction of sp³-hybridized carbons (Fsp3) is 0.312.